The minimum absolute atomic E-state index is 0.0157. The second kappa shape index (κ2) is 5.81. The van der Waals surface area contributed by atoms with E-state index in [0.717, 1.165) is 0 Å². The number of rotatable bonds is 4. The second-order valence-electron chi connectivity index (χ2n) is 4.91. The fourth-order valence-electron chi connectivity index (χ4n) is 2.47. The monoisotopic (exact) mass is 266 g/mol. The van der Waals surface area contributed by atoms with Gasteiger partial charge < -0.3 is 10.0 Å². The van der Waals surface area contributed by atoms with Crippen LogP contribution in [0.3, 0.4) is 0 Å². The summed E-state index contributed by atoms with van der Waals surface area (Å²) in [6.45, 7) is 2.93. The van der Waals surface area contributed by atoms with Gasteiger partial charge in [0.15, 0.2) is 0 Å². The lowest BCUT2D eigenvalue weighted by Gasteiger charge is -2.36. The third-order valence-corrected chi connectivity index (χ3v) is 3.57. The van der Waals surface area contributed by atoms with E-state index in [2.05, 4.69) is 10.3 Å². The van der Waals surface area contributed by atoms with E-state index >= 15 is 0 Å². The molecule has 0 saturated carbocycles. The number of carboxylic acids is 1. The molecule has 7 heteroatoms. The Morgan fingerprint density at radius 2 is 2.26 bits per heavy atom. The van der Waals surface area contributed by atoms with Gasteiger partial charge in [0.25, 0.3) is 0 Å². The Morgan fingerprint density at radius 3 is 2.84 bits per heavy atom. The minimum atomic E-state index is -0.762. The number of carbonyl (C=O) groups is 2. The molecule has 0 aromatic carbocycles. The molecule has 19 heavy (non-hydrogen) atoms. The zero-order chi connectivity index (χ0) is 13.8. The summed E-state index contributed by atoms with van der Waals surface area (Å²) >= 11 is 0. The Balaban J connectivity index is 1.84. The summed E-state index contributed by atoms with van der Waals surface area (Å²) in [4.78, 5) is 24.8. The Bertz CT molecular complexity index is 446. The third-order valence-electron chi connectivity index (χ3n) is 3.57. The Labute approximate surface area is 111 Å². The molecule has 2 rings (SSSR count). The fourth-order valence-corrected chi connectivity index (χ4v) is 2.47. The number of piperidine rings is 1. The molecule has 1 amide bonds. The van der Waals surface area contributed by atoms with Gasteiger partial charge in [0, 0.05) is 25.2 Å². The molecule has 1 aliphatic heterocycles. The van der Waals surface area contributed by atoms with Crippen LogP contribution in [-0.2, 0) is 16.1 Å². The third kappa shape index (κ3) is 3.30. The first kappa shape index (κ1) is 13.5. The number of carboxylic acid groups (broad SMARTS) is 1. The number of nitrogens with zero attached hydrogens (tertiary/aromatic N) is 4. The van der Waals surface area contributed by atoms with Gasteiger partial charge in [-0.3, -0.25) is 14.3 Å². The van der Waals surface area contributed by atoms with Gasteiger partial charge in [-0.25, -0.2) is 0 Å². The van der Waals surface area contributed by atoms with Crippen LogP contribution >= 0.6 is 0 Å². The summed E-state index contributed by atoms with van der Waals surface area (Å²) in [7, 11) is 0. The van der Waals surface area contributed by atoms with Crippen molar-refractivity contribution < 1.29 is 14.7 Å². The van der Waals surface area contributed by atoms with Gasteiger partial charge in [-0.1, -0.05) is 5.21 Å². The summed E-state index contributed by atoms with van der Waals surface area (Å²) < 4.78 is 1.62. The van der Waals surface area contributed by atoms with Crippen molar-refractivity contribution in [1.82, 2.24) is 19.9 Å². The van der Waals surface area contributed by atoms with Crippen molar-refractivity contribution in [3.63, 3.8) is 0 Å². The van der Waals surface area contributed by atoms with E-state index in [1.807, 2.05) is 6.92 Å². The van der Waals surface area contributed by atoms with E-state index in [9.17, 15) is 9.59 Å². The van der Waals surface area contributed by atoms with Gasteiger partial charge in [-0.05, 0) is 19.8 Å². The maximum atomic E-state index is 12.1. The normalized spacial score (nSPS) is 23.3. The Kier molecular flexibility index (Phi) is 4.13. The van der Waals surface area contributed by atoms with Crippen LogP contribution in [0.4, 0.5) is 0 Å². The summed E-state index contributed by atoms with van der Waals surface area (Å²) in [5.41, 5.74) is 0. The lowest BCUT2D eigenvalue weighted by atomic mass is 9.91. The van der Waals surface area contributed by atoms with Crippen molar-refractivity contribution in [2.24, 2.45) is 5.92 Å². The van der Waals surface area contributed by atoms with E-state index in [4.69, 9.17) is 5.11 Å². The zero-order valence-corrected chi connectivity index (χ0v) is 10.9. The molecular formula is C12H18N4O3. The van der Waals surface area contributed by atoms with Gasteiger partial charge in [-0.2, -0.15) is 0 Å². The SMILES string of the molecule is CC1CC(C(=O)O)CCN1C(=O)CCn1ccnn1. The van der Waals surface area contributed by atoms with Crippen molar-refractivity contribution >= 4 is 11.9 Å². The molecule has 1 aliphatic rings. The second-order valence-corrected chi connectivity index (χ2v) is 4.91. The van der Waals surface area contributed by atoms with Crippen molar-refractivity contribution in [3.05, 3.63) is 12.4 Å². The zero-order valence-electron chi connectivity index (χ0n) is 10.9. The molecule has 1 aromatic rings. The minimum Gasteiger partial charge on any atom is -0.481 e. The number of hydrogen-bond acceptors (Lipinski definition) is 4. The highest BCUT2D eigenvalue weighted by molar-refractivity contribution is 5.77. The average Bonchev–Trinajstić information content (AvgIpc) is 2.88. The van der Waals surface area contributed by atoms with Crippen LogP contribution in [0.25, 0.3) is 0 Å². The van der Waals surface area contributed by atoms with Gasteiger partial charge in [-0.15, -0.1) is 5.10 Å². The highest BCUT2D eigenvalue weighted by atomic mass is 16.4. The average molecular weight is 266 g/mol. The summed E-state index contributed by atoms with van der Waals surface area (Å²) in [6, 6.07) is -0.0157. The molecule has 0 aliphatic carbocycles. The molecule has 2 atom stereocenters. The first-order valence-electron chi connectivity index (χ1n) is 6.44. The highest BCUT2D eigenvalue weighted by Gasteiger charge is 2.31. The number of hydrogen-bond donors (Lipinski definition) is 1. The van der Waals surface area contributed by atoms with Crippen LogP contribution in [0.5, 0.6) is 0 Å². The van der Waals surface area contributed by atoms with Crippen molar-refractivity contribution in [1.29, 1.82) is 0 Å². The lowest BCUT2D eigenvalue weighted by molar-refractivity contribution is -0.147. The first-order chi connectivity index (χ1) is 9.08. The summed E-state index contributed by atoms with van der Waals surface area (Å²) in [6.07, 6.45) is 4.73. The fraction of sp³-hybridized carbons (Fsp3) is 0.667. The molecule has 104 valence electrons. The number of aliphatic carboxylic acids is 1. The van der Waals surface area contributed by atoms with Crippen LogP contribution in [0.2, 0.25) is 0 Å². The molecule has 2 heterocycles. The summed E-state index contributed by atoms with van der Waals surface area (Å²) in [5, 5.41) is 16.5. The number of aromatic nitrogens is 3. The molecule has 0 bridgehead atoms. The molecule has 7 nitrogen and oxygen atoms in total. The molecule has 1 fully saturated rings. The van der Waals surface area contributed by atoms with Crippen LogP contribution in [0, 0.1) is 5.92 Å². The summed E-state index contributed by atoms with van der Waals surface area (Å²) in [5.74, 6) is -1.04. The molecule has 1 saturated heterocycles. The smallest absolute Gasteiger partial charge is 0.306 e. The maximum absolute atomic E-state index is 12.1. The predicted molar refractivity (Wildman–Crippen MR) is 66.2 cm³/mol. The highest BCUT2D eigenvalue weighted by Crippen LogP contribution is 2.23. The first-order valence-corrected chi connectivity index (χ1v) is 6.44. The van der Waals surface area contributed by atoms with Gasteiger partial charge in [0.2, 0.25) is 5.91 Å². The van der Waals surface area contributed by atoms with E-state index in [0.29, 0.717) is 32.4 Å². The molecule has 1 N–H and O–H groups in total. The number of amides is 1. The molecular weight excluding hydrogens is 248 g/mol. The van der Waals surface area contributed by atoms with E-state index in [1.165, 1.54) is 0 Å². The number of carbonyl (C=O) groups excluding carboxylic acids is 1. The standard InChI is InChI=1S/C12H18N4O3/c1-9-8-10(12(18)19)2-6-16(9)11(17)3-5-15-7-4-13-14-15/h4,7,9-10H,2-3,5-6,8H2,1H3,(H,18,19). The topological polar surface area (TPSA) is 88.3 Å². The molecule has 0 radical (unpaired) electrons. The van der Waals surface area contributed by atoms with Crippen LogP contribution < -0.4 is 0 Å². The van der Waals surface area contributed by atoms with Crippen molar-refractivity contribution in [2.75, 3.05) is 6.54 Å². The number of aryl methyl sites for hydroxylation is 1. The van der Waals surface area contributed by atoms with Crippen LogP contribution in [0.1, 0.15) is 26.2 Å². The van der Waals surface area contributed by atoms with Gasteiger partial charge in [0.1, 0.15) is 0 Å². The Morgan fingerprint density at radius 1 is 1.47 bits per heavy atom. The van der Waals surface area contributed by atoms with E-state index < -0.39 is 5.97 Å². The van der Waals surface area contributed by atoms with E-state index in [1.54, 1.807) is 22.0 Å². The molecule has 0 spiro atoms. The van der Waals surface area contributed by atoms with Gasteiger partial charge >= 0.3 is 5.97 Å². The maximum Gasteiger partial charge on any atom is 0.306 e. The van der Waals surface area contributed by atoms with Crippen LogP contribution in [-0.4, -0.2) is 49.5 Å². The van der Waals surface area contributed by atoms with Gasteiger partial charge in [0.05, 0.1) is 18.7 Å². The lowest BCUT2D eigenvalue weighted by Crippen LogP contribution is -2.46. The molecule has 1 aromatic heterocycles. The molecule has 2 unspecified atom stereocenters. The number of likely N-dealkylation sites (tertiary alicyclic amines) is 1. The van der Waals surface area contributed by atoms with Crippen molar-refractivity contribution in [3.8, 4) is 0 Å². The predicted octanol–water partition coefficient (Wildman–Crippen LogP) is 0.380. The van der Waals surface area contributed by atoms with E-state index in [-0.39, 0.29) is 17.9 Å². The largest absolute Gasteiger partial charge is 0.481 e. The van der Waals surface area contributed by atoms with Crippen molar-refractivity contribution in [2.45, 2.75) is 38.8 Å². The quantitative estimate of drug-likeness (QED) is 0.851. The van der Waals surface area contributed by atoms with Crippen LogP contribution in [0.15, 0.2) is 12.4 Å². The Hall–Kier alpha value is -1.92.